The lowest BCUT2D eigenvalue weighted by molar-refractivity contribution is -0.222. The van der Waals surface area contributed by atoms with Gasteiger partial charge in [-0.3, -0.25) is 0 Å². The van der Waals surface area contributed by atoms with E-state index in [9.17, 15) is 14.0 Å². The van der Waals surface area contributed by atoms with Crippen molar-refractivity contribution in [2.24, 2.45) is 0 Å². The van der Waals surface area contributed by atoms with Gasteiger partial charge >= 0.3 is 11.9 Å². The summed E-state index contributed by atoms with van der Waals surface area (Å²) in [6, 6.07) is 12.7. The van der Waals surface area contributed by atoms with Gasteiger partial charge in [0.05, 0.1) is 5.69 Å². The highest BCUT2D eigenvalue weighted by Gasteiger charge is 2.38. The molecule has 3 rings (SSSR count). The number of carbonyl (C=O) groups excluding carboxylic acids is 2. The Morgan fingerprint density at radius 3 is 2.19 bits per heavy atom. The number of rotatable bonds is 4. The van der Waals surface area contributed by atoms with E-state index in [1.807, 2.05) is 0 Å². The average molecular weight is 357 g/mol. The van der Waals surface area contributed by atoms with Crippen molar-refractivity contribution in [2.45, 2.75) is 19.6 Å². The van der Waals surface area contributed by atoms with Crippen LogP contribution in [-0.2, 0) is 19.1 Å². The van der Waals surface area contributed by atoms with Gasteiger partial charge < -0.3 is 19.5 Å². The van der Waals surface area contributed by atoms with Crippen LogP contribution in [0.1, 0.15) is 13.8 Å². The molecule has 0 atom stereocenters. The first-order valence-corrected chi connectivity index (χ1v) is 7.80. The fourth-order valence-electron chi connectivity index (χ4n) is 2.25. The number of anilines is 1. The van der Waals surface area contributed by atoms with Gasteiger partial charge in [0.1, 0.15) is 0 Å². The summed E-state index contributed by atoms with van der Waals surface area (Å²) in [4.78, 5) is 23.9. The van der Waals surface area contributed by atoms with Crippen molar-refractivity contribution in [1.29, 1.82) is 0 Å². The Morgan fingerprint density at radius 2 is 1.54 bits per heavy atom. The van der Waals surface area contributed by atoms with E-state index < -0.39 is 23.5 Å². The van der Waals surface area contributed by atoms with E-state index in [2.05, 4.69) is 5.32 Å². The minimum atomic E-state index is -1.31. The molecule has 134 valence electrons. The van der Waals surface area contributed by atoms with Crippen LogP contribution in [0, 0.1) is 5.82 Å². The first kappa shape index (κ1) is 17.5. The summed E-state index contributed by atoms with van der Waals surface area (Å²) in [5, 5.41) is 2.80. The molecule has 1 fully saturated rings. The van der Waals surface area contributed by atoms with E-state index in [0.29, 0.717) is 11.4 Å². The molecular weight excluding hydrogens is 341 g/mol. The first-order chi connectivity index (χ1) is 12.4. The number of esters is 2. The van der Waals surface area contributed by atoms with Crippen LogP contribution in [0.3, 0.4) is 0 Å². The summed E-state index contributed by atoms with van der Waals surface area (Å²) in [5.74, 6) is -3.06. The number of halogens is 1. The molecule has 1 aliphatic rings. The molecule has 0 unspecified atom stereocenters. The third kappa shape index (κ3) is 3.83. The number of hydrogen-bond acceptors (Lipinski definition) is 6. The third-order valence-electron chi connectivity index (χ3n) is 3.43. The van der Waals surface area contributed by atoms with E-state index in [1.54, 1.807) is 36.4 Å². The molecule has 2 aromatic carbocycles. The van der Waals surface area contributed by atoms with Crippen molar-refractivity contribution in [3.63, 3.8) is 0 Å². The molecule has 6 nitrogen and oxygen atoms in total. The van der Waals surface area contributed by atoms with Crippen molar-refractivity contribution in [1.82, 2.24) is 0 Å². The highest BCUT2D eigenvalue weighted by Crippen LogP contribution is 2.31. The lowest BCUT2D eigenvalue weighted by Crippen LogP contribution is -2.42. The predicted molar refractivity (Wildman–Crippen MR) is 90.9 cm³/mol. The maximum absolute atomic E-state index is 13.8. The fraction of sp³-hybridized carbons (Fsp3) is 0.158. The maximum atomic E-state index is 13.8. The summed E-state index contributed by atoms with van der Waals surface area (Å²) < 4.78 is 29.4. The number of benzene rings is 2. The van der Waals surface area contributed by atoms with Gasteiger partial charge in [-0.1, -0.05) is 24.3 Å². The quantitative estimate of drug-likeness (QED) is 0.510. The van der Waals surface area contributed by atoms with Gasteiger partial charge in [-0.25, -0.2) is 14.0 Å². The number of cyclic esters (lactones) is 2. The van der Waals surface area contributed by atoms with Crippen LogP contribution in [0.4, 0.5) is 10.1 Å². The summed E-state index contributed by atoms with van der Waals surface area (Å²) in [7, 11) is 0. The summed E-state index contributed by atoms with van der Waals surface area (Å²) in [5.41, 5.74) is 0.138. The van der Waals surface area contributed by atoms with E-state index in [4.69, 9.17) is 14.2 Å². The number of hydrogen-bond donors (Lipinski definition) is 1. The number of ether oxygens (including phenoxy) is 3. The molecule has 7 heteroatoms. The fourth-order valence-corrected chi connectivity index (χ4v) is 2.25. The van der Waals surface area contributed by atoms with Gasteiger partial charge in [0.25, 0.3) is 5.79 Å². The molecule has 0 aliphatic carbocycles. The molecule has 1 heterocycles. The molecule has 1 aliphatic heterocycles. The summed E-state index contributed by atoms with van der Waals surface area (Å²) in [6.45, 7) is 2.93. The van der Waals surface area contributed by atoms with Crippen molar-refractivity contribution < 1.29 is 28.2 Å². The molecular formula is C19H16FNO5. The van der Waals surface area contributed by atoms with Crippen molar-refractivity contribution >= 4 is 17.6 Å². The Morgan fingerprint density at radius 1 is 0.962 bits per heavy atom. The van der Waals surface area contributed by atoms with Crippen LogP contribution in [0.15, 0.2) is 60.3 Å². The van der Waals surface area contributed by atoms with E-state index in [0.717, 1.165) is 0 Å². The Labute approximate surface area is 149 Å². The molecule has 0 aromatic heterocycles. The smallest absolute Gasteiger partial charge is 0.350 e. The van der Waals surface area contributed by atoms with E-state index in [-0.39, 0.29) is 11.3 Å². The Kier molecular flexibility index (Phi) is 4.62. The molecule has 0 spiro atoms. The van der Waals surface area contributed by atoms with Crippen molar-refractivity contribution in [3.8, 4) is 11.5 Å². The van der Waals surface area contributed by atoms with E-state index in [1.165, 1.54) is 32.2 Å². The number of carbonyl (C=O) groups is 2. The summed E-state index contributed by atoms with van der Waals surface area (Å²) in [6.07, 6.45) is 1.17. The molecule has 0 bridgehead atoms. The van der Waals surface area contributed by atoms with Gasteiger partial charge in [-0.05, 0) is 24.3 Å². The van der Waals surface area contributed by atoms with Crippen LogP contribution < -0.4 is 10.1 Å². The molecule has 0 radical (unpaired) electrons. The third-order valence-corrected chi connectivity index (χ3v) is 3.43. The highest BCUT2D eigenvalue weighted by atomic mass is 19.1. The highest BCUT2D eigenvalue weighted by molar-refractivity contribution is 6.15. The molecule has 1 saturated heterocycles. The molecule has 1 N–H and O–H groups in total. The van der Waals surface area contributed by atoms with E-state index >= 15 is 0 Å². The topological polar surface area (TPSA) is 73.9 Å². The zero-order valence-electron chi connectivity index (χ0n) is 14.1. The zero-order valence-corrected chi connectivity index (χ0v) is 14.1. The second-order valence-corrected chi connectivity index (χ2v) is 5.91. The predicted octanol–water partition coefficient (Wildman–Crippen LogP) is 3.75. The lowest BCUT2D eigenvalue weighted by Gasteiger charge is -2.29. The van der Waals surface area contributed by atoms with Gasteiger partial charge in [0, 0.05) is 20.0 Å². The summed E-state index contributed by atoms with van der Waals surface area (Å²) >= 11 is 0. The van der Waals surface area contributed by atoms with Gasteiger partial charge in [0.15, 0.2) is 22.9 Å². The van der Waals surface area contributed by atoms with Crippen LogP contribution >= 0.6 is 0 Å². The van der Waals surface area contributed by atoms with Gasteiger partial charge in [-0.15, -0.1) is 0 Å². The molecule has 26 heavy (non-hydrogen) atoms. The van der Waals surface area contributed by atoms with Crippen molar-refractivity contribution in [3.05, 3.63) is 66.1 Å². The molecule has 0 saturated carbocycles. The van der Waals surface area contributed by atoms with Gasteiger partial charge in [-0.2, -0.15) is 0 Å². The molecule has 2 aromatic rings. The minimum Gasteiger partial charge on any atom is -0.452 e. The second-order valence-electron chi connectivity index (χ2n) is 5.91. The van der Waals surface area contributed by atoms with Crippen LogP contribution in [0.25, 0.3) is 0 Å². The minimum absolute atomic E-state index is 0.0487. The average Bonchev–Trinajstić information content (AvgIpc) is 2.56. The second kappa shape index (κ2) is 6.87. The standard InChI is InChI=1S/C19H16FNO5/c1-19(2)25-17(22)12(18(23)26-19)11-21-14-8-4-6-10-16(14)24-15-9-5-3-7-13(15)20/h3-11,21H,1-2H3. The van der Waals surface area contributed by atoms with Crippen LogP contribution in [0.5, 0.6) is 11.5 Å². The first-order valence-electron chi connectivity index (χ1n) is 7.80. The molecule has 0 amide bonds. The largest absolute Gasteiger partial charge is 0.452 e. The Bertz CT molecular complexity index is 869. The van der Waals surface area contributed by atoms with Gasteiger partial charge in [0.2, 0.25) is 0 Å². The van der Waals surface area contributed by atoms with Crippen LogP contribution in [0.2, 0.25) is 0 Å². The number of nitrogens with one attached hydrogen (secondary N) is 1. The SMILES string of the molecule is CC1(C)OC(=O)C(=CNc2ccccc2Oc2ccccc2F)C(=O)O1. The lowest BCUT2D eigenvalue weighted by atomic mass is 10.2. The normalized spacial score (nSPS) is 15.7. The van der Waals surface area contributed by atoms with Crippen molar-refractivity contribution in [2.75, 3.05) is 5.32 Å². The zero-order chi connectivity index (χ0) is 18.7. The Balaban J connectivity index is 1.82. The number of para-hydroxylation sites is 3. The van der Waals surface area contributed by atoms with Crippen LogP contribution in [-0.4, -0.2) is 17.7 Å². The Hall–Kier alpha value is -3.35. The maximum Gasteiger partial charge on any atom is 0.350 e. The monoisotopic (exact) mass is 357 g/mol.